The summed E-state index contributed by atoms with van der Waals surface area (Å²) in [4.78, 5) is 23.8. The number of allylic oxidation sites excluding steroid dienone is 4. The monoisotopic (exact) mass is 277 g/mol. The molecule has 4 nitrogen and oxygen atoms in total. The molecule has 1 atom stereocenters. The van der Waals surface area contributed by atoms with E-state index >= 15 is 0 Å². The maximum atomic E-state index is 11.4. The quantitative estimate of drug-likeness (QED) is 0.600. The van der Waals surface area contributed by atoms with Crippen LogP contribution in [0.25, 0.3) is 0 Å². The van der Waals surface area contributed by atoms with Crippen LogP contribution in [0.15, 0.2) is 36.0 Å². The Morgan fingerprint density at radius 2 is 2.20 bits per heavy atom. The number of amides is 1. The van der Waals surface area contributed by atoms with E-state index in [0.29, 0.717) is 12.0 Å². The second-order valence-corrected chi connectivity index (χ2v) is 5.17. The number of carbonyl (C=O) groups is 2. The normalized spacial score (nSPS) is 18.7. The number of nitrogens with zero attached hydrogens (tertiary/aromatic N) is 1. The molecule has 1 unspecified atom stereocenters. The molecule has 0 fully saturated rings. The van der Waals surface area contributed by atoms with E-state index in [1.165, 1.54) is 0 Å². The molecule has 1 N–H and O–H groups in total. The van der Waals surface area contributed by atoms with Gasteiger partial charge in [-0.25, -0.2) is 4.79 Å². The number of unbranched alkanes of at least 4 members (excludes halogenated alkanes) is 1. The molecule has 0 aromatic rings. The molecule has 0 saturated heterocycles. The van der Waals surface area contributed by atoms with Crippen molar-refractivity contribution in [3.63, 3.8) is 0 Å². The van der Waals surface area contributed by atoms with Crippen LogP contribution in [0.3, 0.4) is 0 Å². The average molecular weight is 277 g/mol. The Bertz CT molecular complexity index is 433. The van der Waals surface area contributed by atoms with E-state index in [2.05, 4.69) is 12.2 Å². The molecule has 1 amide bonds. The summed E-state index contributed by atoms with van der Waals surface area (Å²) in [6, 6.07) is 0. The van der Waals surface area contributed by atoms with Gasteiger partial charge in [0, 0.05) is 20.5 Å². The predicted molar refractivity (Wildman–Crippen MR) is 79.3 cm³/mol. The smallest absolute Gasteiger partial charge is 0.335 e. The Balaban J connectivity index is 2.32. The summed E-state index contributed by atoms with van der Waals surface area (Å²) < 4.78 is 0. The molecule has 4 heteroatoms. The van der Waals surface area contributed by atoms with Crippen LogP contribution < -0.4 is 0 Å². The van der Waals surface area contributed by atoms with Crippen LogP contribution in [0.1, 0.15) is 32.1 Å². The molecule has 1 aliphatic rings. The van der Waals surface area contributed by atoms with E-state index in [0.717, 1.165) is 25.7 Å². The standard InChI is InChI=1S/C16H23NO3/c1-17(2)15(18)10-5-3-4-7-13-8-6-9-14(12-11-13)16(19)20/h4,7,9,11-13H,3,5-6,8,10H2,1-2H3,(H,19,20)/b7-4-. The van der Waals surface area contributed by atoms with Crippen molar-refractivity contribution in [2.24, 2.45) is 5.92 Å². The maximum Gasteiger partial charge on any atom is 0.335 e. The molecule has 0 aliphatic heterocycles. The fourth-order valence-corrected chi connectivity index (χ4v) is 2.01. The number of carbonyl (C=O) groups excluding carboxylic acids is 1. The minimum Gasteiger partial charge on any atom is -0.478 e. The zero-order valence-electron chi connectivity index (χ0n) is 12.2. The molecule has 1 rings (SSSR count). The first-order valence-corrected chi connectivity index (χ1v) is 6.99. The molecule has 0 saturated carbocycles. The first-order chi connectivity index (χ1) is 9.50. The molecule has 0 bridgehead atoms. The summed E-state index contributed by atoms with van der Waals surface area (Å²) in [5, 5.41) is 8.92. The highest BCUT2D eigenvalue weighted by Crippen LogP contribution is 2.18. The average Bonchev–Trinajstić information content (AvgIpc) is 2.63. The predicted octanol–water partition coefficient (Wildman–Crippen LogP) is 2.78. The third-order valence-electron chi connectivity index (χ3n) is 3.28. The van der Waals surface area contributed by atoms with Crippen molar-refractivity contribution in [2.45, 2.75) is 32.1 Å². The Hall–Kier alpha value is -1.84. The summed E-state index contributed by atoms with van der Waals surface area (Å²) in [5.74, 6) is -0.427. The first kappa shape index (κ1) is 16.2. The minimum atomic E-state index is -0.868. The number of hydrogen-bond acceptors (Lipinski definition) is 2. The van der Waals surface area contributed by atoms with Crippen LogP contribution in [-0.2, 0) is 9.59 Å². The number of carboxylic acids is 1. The maximum absolute atomic E-state index is 11.4. The van der Waals surface area contributed by atoms with E-state index in [1.807, 2.05) is 6.08 Å². The van der Waals surface area contributed by atoms with E-state index < -0.39 is 5.97 Å². The van der Waals surface area contributed by atoms with Gasteiger partial charge in [0.15, 0.2) is 0 Å². The molecule has 0 aromatic heterocycles. The molecule has 0 radical (unpaired) electrons. The van der Waals surface area contributed by atoms with Crippen molar-refractivity contribution in [1.82, 2.24) is 4.90 Å². The molecule has 0 spiro atoms. The molecule has 20 heavy (non-hydrogen) atoms. The van der Waals surface area contributed by atoms with Gasteiger partial charge in [0.05, 0.1) is 5.57 Å². The van der Waals surface area contributed by atoms with Gasteiger partial charge in [0.2, 0.25) is 5.91 Å². The first-order valence-electron chi connectivity index (χ1n) is 6.99. The van der Waals surface area contributed by atoms with Crippen LogP contribution in [0.2, 0.25) is 0 Å². The van der Waals surface area contributed by atoms with Gasteiger partial charge in [-0.2, -0.15) is 0 Å². The topological polar surface area (TPSA) is 57.6 Å². The van der Waals surface area contributed by atoms with Crippen LogP contribution in [0.4, 0.5) is 0 Å². The van der Waals surface area contributed by atoms with Gasteiger partial charge < -0.3 is 10.0 Å². The van der Waals surface area contributed by atoms with Gasteiger partial charge in [0.25, 0.3) is 0 Å². The zero-order valence-corrected chi connectivity index (χ0v) is 12.2. The molecule has 110 valence electrons. The molecule has 0 aromatic carbocycles. The van der Waals surface area contributed by atoms with Crippen molar-refractivity contribution in [3.05, 3.63) is 36.0 Å². The lowest BCUT2D eigenvalue weighted by molar-refractivity contribution is -0.132. The van der Waals surface area contributed by atoms with Crippen LogP contribution in [0.5, 0.6) is 0 Å². The largest absolute Gasteiger partial charge is 0.478 e. The van der Waals surface area contributed by atoms with Gasteiger partial charge in [-0.3, -0.25) is 4.79 Å². The minimum absolute atomic E-state index is 0.156. The van der Waals surface area contributed by atoms with Crippen LogP contribution >= 0.6 is 0 Å². The van der Waals surface area contributed by atoms with Gasteiger partial charge in [-0.05, 0) is 31.6 Å². The number of aliphatic carboxylic acids is 1. The van der Waals surface area contributed by atoms with Gasteiger partial charge in [-0.15, -0.1) is 0 Å². The van der Waals surface area contributed by atoms with E-state index in [9.17, 15) is 9.59 Å². The van der Waals surface area contributed by atoms with Crippen molar-refractivity contribution in [2.75, 3.05) is 14.1 Å². The third kappa shape index (κ3) is 5.87. The lowest BCUT2D eigenvalue weighted by Crippen LogP contribution is -2.20. The Morgan fingerprint density at radius 3 is 2.85 bits per heavy atom. The molecular formula is C16H23NO3. The summed E-state index contributed by atoms with van der Waals surface area (Å²) in [5.41, 5.74) is 0.373. The third-order valence-corrected chi connectivity index (χ3v) is 3.28. The Kier molecular flexibility index (Phi) is 6.77. The van der Waals surface area contributed by atoms with Gasteiger partial charge in [-0.1, -0.05) is 30.4 Å². The second-order valence-electron chi connectivity index (χ2n) is 5.17. The zero-order chi connectivity index (χ0) is 15.0. The summed E-state index contributed by atoms with van der Waals surface area (Å²) in [6.07, 6.45) is 13.6. The summed E-state index contributed by atoms with van der Waals surface area (Å²) in [6.45, 7) is 0. The van der Waals surface area contributed by atoms with E-state index in [1.54, 1.807) is 31.1 Å². The van der Waals surface area contributed by atoms with E-state index in [4.69, 9.17) is 5.11 Å². The van der Waals surface area contributed by atoms with Crippen LogP contribution in [0, 0.1) is 5.92 Å². The fraction of sp³-hybridized carbons (Fsp3) is 0.500. The summed E-state index contributed by atoms with van der Waals surface area (Å²) >= 11 is 0. The molecular weight excluding hydrogens is 254 g/mol. The second kappa shape index (κ2) is 8.35. The molecule has 0 heterocycles. The summed E-state index contributed by atoms with van der Waals surface area (Å²) in [7, 11) is 3.53. The number of rotatable bonds is 6. The van der Waals surface area contributed by atoms with Crippen molar-refractivity contribution < 1.29 is 14.7 Å². The van der Waals surface area contributed by atoms with Crippen molar-refractivity contribution in [3.8, 4) is 0 Å². The lowest BCUT2D eigenvalue weighted by Gasteiger charge is -2.08. The van der Waals surface area contributed by atoms with Gasteiger partial charge in [0.1, 0.15) is 0 Å². The Labute approximate surface area is 120 Å². The Morgan fingerprint density at radius 1 is 1.45 bits per heavy atom. The highest BCUT2D eigenvalue weighted by Gasteiger charge is 2.09. The van der Waals surface area contributed by atoms with Crippen molar-refractivity contribution in [1.29, 1.82) is 0 Å². The molecule has 1 aliphatic carbocycles. The van der Waals surface area contributed by atoms with Crippen LogP contribution in [-0.4, -0.2) is 36.0 Å². The number of hydrogen-bond donors (Lipinski definition) is 1. The highest BCUT2D eigenvalue weighted by molar-refractivity contribution is 5.89. The van der Waals surface area contributed by atoms with Crippen molar-refractivity contribution >= 4 is 11.9 Å². The van der Waals surface area contributed by atoms with E-state index in [-0.39, 0.29) is 11.8 Å². The lowest BCUT2D eigenvalue weighted by atomic mass is 10.0. The number of carboxylic acid groups (broad SMARTS) is 1. The van der Waals surface area contributed by atoms with Gasteiger partial charge >= 0.3 is 5.97 Å². The SMILES string of the molecule is CN(C)C(=O)CCC/C=C\C1C=CC(C(=O)O)=CCC1. The highest BCUT2D eigenvalue weighted by atomic mass is 16.4. The fourth-order valence-electron chi connectivity index (χ4n) is 2.01.